The van der Waals surface area contributed by atoms with E-state index in [1.54, 1.807) is 12.4 Å². The van der Waals surface area contributed by atoms with E-state index in [1.807, 2.05) is 43.1 Å². The van der Waals surface area contributed by atoms with E-state index in [1.165, 1.54) is 0 Å². The highest BCUT2D eigenvalue weighted by molar-refractivity contribution is 5.78. The van der Waals surface area contributed by atoms with E-state index in [-0.39, 0.29) is 11.8 Å². The molecule has 0 aromatic carbocycles. The Morgan fingerprint density at radius 1 is 1.21 bits per heavy atom. The van der Waals surface area contributed by atoms with Crippen molar-refractivity contribution < 1.29 is 4.79 Å². The molecule has 3 heterocycles. The molecule has 1 amide bonds. The summed E-state index contributed by atoms with van der Waals surface area (Å²) >= 11 is 0. The van der Waals surface area contributed by atoms with Crippen LogP contribution in [-0.4, -0.2) is 38.8 Å². The van der Waals surface area contributed by atoms with Gasteiger partial charge in [-0.2, -0.15) is 0 Å². The Morgan fingerprint density at radius 3 is 2.67 bits per heavy atom. The molecule has 6 heteroatoms. The van der Waals surface area contributed by atoms with E-state index in [0.29, 0.717) is 11.7 Å². The lowest BCUT2D eigenvalue weighted by atomic mass is 9.93. The van der Waals surface area contributed by atoms with Crippen LogP contribution in [0.3, 0.4) is 0 Å². The fourth-order valence-electron chi connectivity index (χ4n) is 2.97. The number of carbonyl (C=O) groups is 1. The second-order valence-electron chi connectivity index (χ2n) is 6.42. The van der Waals surface area contributed by atoms with Crippen molar-refractivity contribution in [2.45, 2.75) is 32.6 Å². The minimum Gasteiger partial charge on any atom is -0.342 e. The maximum atomic E-state index is 12.1. The molecule has 0 saturated carbocycles. The maximum absolute atomic E-state index is 12.1. The summed E-state index contributed by atoms with van der Waals surface area (Å²) in [5.41, 5.74) is 0.979. The molecule has 0 radical (unpaired) electrons. The zero-order valence-electron chi connectivity index (χ0n) is 14.1. The Kier molecular flexibility index (Phi) is 5.03. The molecule has 1 fully saturated rings. The van der Waals surface area contributed by atoms with Crippen LogP contribution < -0.4 is 5.32 Å². The number of hydrogen-bond acceptors (Lipinski definition) is 5. The molecule has 24 heavy (non-hydrogen) atoms. The molecule has 0 spiro atoms. The van der Waals surface area contributed by atoms with Gasteiger partial charge in [-0.1, -0.05) is 19.9 Å². The largest absolute Gasteiger partial charge is 0.342 e. The average molecular weight is 325 g/mol. The molecule has 1 saturated heterocycles. The van der Waals surface area contributed by atoms with Gasteiger partial charge in [0.15, 0.2) is 0 Å². The van der Waals surface area contributed by atoms with Crippen molar-refractivity contribution in [1.29, 1.82) is 0 Å². The van der Waals surface area contributed by atoms with Gasteiger partial charge in [0.25, 0.3) is 0 Å². The molecule has 0 bridgehead atoms. The van der Waals surface area contributed by atoms with Crippen molar-refractivity contribution >= 4 is 17.5 Å². The predicted octanol–water partition coefficient (Wildman–Crippen LogP) is 2.98. The van der Waals surface area contributed by atoms with Crippen LogP contribution in [0, 0.1) is 5.92 Å². The van der Waals surface area contributed by atoms with Crippen LogP contribution in [0.5, 0.6) is 0 Å². The van der Waals surface area contributed by atoms with Gasteiger partial charge in [0, 0.05) is 37.3 Å². The zero-order valence-corrected chi connectivity index (χ0v) is 14.1. The number of piperidine rings is 1. The molecular formula is C18H23N5O. The van der Waals surface area contributed by atoms with Crippen molar-refractivity contribution in [3.8, 4) is 0 Å². The smallest absolute Gasteiger partial charge is 0.225 e. The number of nitrogens with one attached hydrogen (secondary N) is 1. The topological polar surface area (TPSA) is 71.0 Å². The number of carbonyl (C=O) groups excluding carboxylic acids is 1. The minimum absolute atomic E-state index is 0.0623. The zero-order chi connectivity index (χ0) is 16.9. The molecule has 1 N–H and O–H groups in total. The summed E-state index contributed by atoms with van der Waals surface area (Å²) in [6.45, 7) is 5.49. The number of nitrogens with zero attached hydrogens (tertiary/aromatic N) is 4. The predicted molar refractivity (Wildman–Crippen MR) is 92.9 cm³/mol. The van der Waals surface area contributed by atoms with Gasteiger partial charge >= 0.3 is 0 Å². The fraction of sp³-hybridized carbons (Fsp3) is 0.444. The van der Waals surface area contributed by atoms with E-state index in [0.717, 1.165) is 37.4 Å². The third-order valence-electron chi connectivity index (χ3n) is 4.29. The van der Waals surface area contributed by atoms with Crippen molar-refractivity contribution in [2.75, 3.05) is 18.4 Å². The van der Waals surface area contributed by atoms with Crippen LogP contribution in [0.1, 0.15) is 38.3 Å². The molecule has 0 atom stereocenters. The summed E-state index contributed by atoms with van der Waals surface area (Å²) in [6, 6.07) is 5.69. The quantitative estimate of drug-likeness (QED) is 0.936. The maximum Gasteiger partial charge on any atom is 0.225 e. The normalized spacial score (nSPS) is 15.5. The molecule has 3 rings (SSSR count). The standard InChI is InChI=1S/C18H23N5O/c1-13(2)18(24)23-9-6-14(7-10-23)15-11-19-12-17(21-15)22-16-5-3-4-8-20-16/h3-5,8,11-14H,6-7,9-10H2,1-2H3,(H,20,21,22). The number of anilines is 2. The summed E-state index contributed by atoms with van der Waals surface area (Å²) in [6.07, 6.45) is 7.13. The molecule has 1 aliphatic rings. The van der Waals surface area contributed by atoms with Crippen LogP contribution in [-0.2, 0) is 4.79 Å². The number of pyridine rings is 1. The fourth-order valence-corrected chi connectivity index (χ4v) is 2.97. The lowest BCUT2D eigenvalue weighted by molar-refractivity contribution is -0.135. The molecular weight excluding hydrogens is 302 g/mol. The minimum atomic E-state index is 0.0623. The van der Waals surface area contributed by atoms with Crippen molar-refractivity contribution in [3.63, 3.8) is 0 Å². The molecule has 1 aliphatic heterocycles. The molecule has 126 valence electrons. The highest BCUT2D eigenvalue weighted by Crippen LogP contribution is 2.27. The number of hydrogen-bond donors (Lipinski definition) is 1. The van der Waals surface area contributed by atoms with E-state index < -0.39 is 0 Å². The summed E-state index contributed by atoms with van der Waals surface area (Å²) in [5, 5.41) is 3.18. The van der Waals surface area contributed by atoms with Gasteiger partial charge in [0.05, 0.1) is 11.9 Å². The highest BCUT2D eigenvalue weighted by Gasteiger charge is 2.26. The highest BCUT2D eigenvalue weighted by atomic mass is 16.2. The third-order valence-corrected chi connectivity index (χ3v) is 4.29. The SMILES string of the molecule is CC(C)C(=O)N1CCC(c2cncc(Nc3ccccn3)n2)CC1. The first-order valence-corrected chi connectivity index (χ1v) is 8.42. The number of rotatable bonds is 4. The summed E-state index contributed by atoms with van der Waals surface area (Å²) in [4.78, 5) is 27.3. The first-order valence-electron chi connectivity index (χ1n) is 8.42. The molecule has 0 unspecified atom stereocenters. The summed E-state index contributed by atoms with van der Waals surface area (Å²) in [5.74, 6) is 2.10. The monoisotopic (exact) mass is 325 g/mol. The van der Waals surface area contributed by atoms with Crippen LogP contribution in [0.4, 0.5) is 11.6 Å². The number of aromatic nitrogens is 3. The van der Waals surface area contributed by atoms with Crippen LogP contribution >= 0.6 is 0 Å². The van der Waals surface area contributed by atoms with Gasteiger partial charge in [0.2, 0.25) is 5.91 Å². The van der Waals surface area contributed by atoms with Crippen molar-refractivity contribution in [1.82, 2.24) is 19.9 Å². The van der Waals surface area contributed by atoms with E-state index in [2.05, 4.69) is 20.3 Å². The summed E-state index contributed by atoms with van der Waals surface area (Å²) in [7, 11) is 0. The van der Waals surface area contributed by atoms with E-state index in [9.17, 15) is 4.79 Å². The third kappa shape index (κ3) is 3.88. The second kappa shape index (κ2) is 7.38. The van der Waals surface area contributed by atoms with Gasteiger partial charge in [-0.3, -0.25) is 9.78 Å². The lowest BCUT2D eigenvalue weighted by Crippen LogP contribution is -2.40. The Hall–Kier alpha value is -2.50. The van der Waals surface area contributed by atoms with Crippen LogP contribution in [0.2, 0.25) is 0 Å². The Bertz CT molecular complexity index is 681. The Balaban J connectivity index is 1.64. The van der Waals surface area contributed by atoms with E-state index >= 15 is 0 Å². The van der Waals surface area contributed by atoms with Crippen LogP contribution in [0.25, 0.3) is 0 Å². The number of likely N-dealkylation sites (tertiary alicyclic amines) is 1. The molecule has 2 aromatic rings. The van der Waals surface area contributed by atoms with Gasteiger partial charge in [-0.15, -0.1) is 0 Å². The van der Waals surface area contributed by atoms with Gasteiger partial charge in [-0.05, 0) is 25.0 Å². The lowest BCUT2D eigenvalue weighted by Gasteiger charge is -2.32. The molecule has 0 aliphatic carbocycles. The van der Waals surface area contributed by atoms with Gasteiger partial charge in [-0.25, -0.2) is 9.97 Å². The summed E-state index contributed by atoms with van der Waals surface area (Å²) < 4.78 is 0. The molecule has 2 aromatic heterocycles. The number of amides is 1. The van der Waals surface area contributed by atoms with Crippen molar-refractivity contribution in [3.05, 3.63) is 42.5 Å². The van der Waals surface area contributed by atoms with E-state index in [4.69, 9.17) is 0 Å². The van der Waals surface area contributed by atoms with Crippen molar-refractivity contribution in [2.24, 2.45) is 5.92 Å². The van der Waals surface area contributed by atoms with Gasteiger partial charge < -0.3 is 10.2 Å². The van der Waals surface area contributed by atoms with Gasteiger partial charge in [0.1, 0.15) is 11.6 Å². The van der Waals surface area contributed by atoms with Crippen LogP contribution in [0.15, 0.2) is 36.8 Å². The Morgan fingerprint density at radius 2 is 2.00 bits per heavy atom. The molecule has 6 nitrogen and oxygen atoms in total. The Labute approximate surface area is 142 Å². The first-order chi connectivity index (χ1) is 11.6. The second-order valence-corrected chi connectivity index (χ2v) is 6.42. The first kappa shape index (κ1) is 16.4. The average Bonchev–Trinajstić information content (AvgIpc) is 2.62.